The third-order valence-corrected chi connectivity index (χ3v) is 7.40. The van der Waals surface area contributed by atoms with Crippen LogP contribution in [0.2, 0.25) is 0 Å². The number of halogens is 5. The summed E-state index contributed by atoms with van der Waals surface area (Å²) in [7, 11) is 0. The Morgan fingerprint density at radius 2 is 0.917 bits per heavy atom. The summed E-state index contributed by atoms with van der Waals surface area (Å²) in [5.41, 5.74) is 7.97. The zero-order valence-corrected chi connectivity index (χ0v) is 38.3. The van der Waals surface area contributed by atoms with E-state index in [2.05, 4.69) is 29.2 Å². The topological polar surface area (TPSA) is 131 Å². The molecule has 10 aromatic rings. The van der Waals surface area contributed by atoms with E-state index >= 15 is 0 Å². The van der Waals surface area contributed by atoms with Crippen molar-refractivity contribution in [3.05, 3.63) is 118 Å². The first kappa shape index (κ1) is 52.3. The van der Waals surface area contributed by atoms with Gasteiger partial charge in [-0.1, -0.05) is 69.2 Å². The molecule has 15 heteroatoms. The number of fused-ring (bicyclic) bond motifs is 5. The maximum absolute atomic E-state index is 12.7. The summed E-state index contributed by atoms with van der Waals surface area (Å²) in [5.74, 6) is 0.730. The maximum Gasteiger partial charge on any atom is 0.285 e. The quantitative estimate of drug-likeness (QED) is 0.135. The Labute approximate surface area is 354 Å². The molecule has 0 bridgehead atoms. The average Bonchev–Trinajstić information content (AvgIpc) is 4.13. The fraction of sp³-hybridized carbons (Fsp3) is 0.333. The first-order chi connectivity index (χ1) is 28.9. The molecule has 0 aromatic carbocycles. The van der Waals surface area contributed by atoms with Crippen LogP contribution in [0, 0.1) is 58.7 Å². The molecule has 0 atom stereocenters. The molecule has 0 spiro atoms. The third kappa shape index (κ3) is 13.7. The Kier molecular flexibility index (Phi) is 23.0. The maximum atomic E-state index is 12.7. The Morgan fingerprint density at radius 3 is 1.50 bits per heavy atom. The van der Waals surface area contributed by atoms with Gasteiger partial charge in [-0.05, 0) is 50.5 Å². The highest BCUT2D eigenvalue weighted by molar-refractivity contribution is 9.10. The first-order valence-corrected chi connectivity index (χ1v) is 20.3. The summed E-state index contributed by atoms with van der Waals surface area (Å²) >= 11 is 3.18. The summed E-state index contributed by atoms with van der Waals surface area (Å²) in [5, 5.41) is 0. The molecule has 0 N–H and O–H groups in total. The van der Waals surface area contributed by atoms with E-state index in [0.29, 0.717) is 60.5 Å². The van der Waals surface area contributed by atoms with Crippen LogP contribution in [-0.2, 0) is 0 Å². The minimum Gasteiger partial charge on any atom is -0.461 e. The first-order valence-electron chi connectivity index (χ1n) is 19.5. The zero-order chi connectivity index (χ0) is 45.7. The molecule has 10 heterocycles. The van der Waals surface area contributed by atoms with E-state index in [-0.39, 0.29) is 0 Å². The normalized spacial score (nSPS) is 9.67. The minimum atomic E-state index is -0.603. The smallest absolute Gasteiger partial charge is 0.285 e. The molecule has 60 heavy (non-hydrogen) atoms. The van der Waals surface area contributed by atoms with Gasteiger partial charge < -0.3 is 44.2 Å². The molecule has 330 valence electrons. The minimum absolute atomic E-state index is 0.431. The largest absolute Gasteiger partial charge is 0.461 e. The second-order valence-electron chi connectivity index (χ2n) is 10.7. The Hall–Kier alpha value is -5.70. The molecular formula is C45H55BrF4O10. The number of rotatable bonds is 0. The van der Waals surface area contributed by atoms with Gasteiger partial charge in [0.05, 0.1) is 48.3 Å². The lowest BCUT2D eigenvalue weighted by Gasteiger charge is -1.79. The SMILES string of the molecule is Brc1cc2occc2o1.CC.CC.CC.CC.CC.Cc1c(F)oc2ccoc12.Cc1cc2oc(F)cc2o1.Cc1coc2c(C)c(F)oc12.Cc1coc2cc(F)oc12. The van der Waals surface area contributed by atoms with E-state index in [4.69, 9.17) is 30.9 Å². The van der Waals surface area contributed by atoms with Crippen molar-refractivity contribution in [2.45, 2.75) is 104 Å². The van der Waals surface area contributed by atoms with Gasteiger partial charge in [0.1, 0.15) is 5.76 Å². The summed E-state index contributed by atoms with van der Waals surface area (Å²) in [6.07, 6.45) is 6.16. The number of aryl methyl sites for hydroxylation is 5. The van der Waals surface area contributed by atoms with Crippen molar-refractivity contribution < 1.29 is 61.7 Å². The summed E-state index contributed by atoms with van der Waals surface area (Å²) in [6, 6.07) is 6.94. The molecule has 0 saturated carbocycles. The van der Waals surface area contributed by atoms with Crippen molar-refractivity contribution >= 4 is 71.8 Å². The van der Waals surface area contributed by atoms with E-state index in [0.717, 1.165) is 28.1 Å². The van der Waals surface area contributed by atoms with Crippen molar-refractivity contribution in [1.82, 2.24) is 0 Å². The van der Waals surface area contributed by atoms with Gasteiger partial charge in [0, 0.05) is 35.4 Å². The van der Waals surface area contributed by atoms with Crippen LogP contribution in [0.5, 0.6) is 0 Å². The Morgan fingerprint density at radius 1 is 0.400 bits per heavy atom. The second kappa shape index (κ2) is 26.4. The van der Waals surface area contributed by atoms with Crippen LogP contribution in [0.25, 0.3) is 55.8 Å². The highest BCUT2D eigenvalue weighted by Crippen LogP contribution is 2.28. The van der Waals surface area contributed by atoms with Gasteiger partial charge in [0.2, 0.25) is 0 Å². The van der Waals surface area contributed by atoms with Gasteiger partial charge >= 0.3 is 0 Å². The second-order valence-corrected chi connectivity index (χ2v) is 11.5. The summed E-state index contributed by atoms with van der Waals surface area (Å²) in [6.45, 7) is 28.6. The third-order valence-electron chi connectivity index (χ3n) is 7.01. The molecule has 10 rings (SSSR count). The van der Waals surface area contributed by atoms with Crippen molar-refractivity contribution in [3.63, 3.8) is 0 Å². The lowest BCUT2D eigenvalue weighted by Crippen LogP contribution is -1.68. The molecule has 0 unspecified atom stereocenters. The van der Waals surface area contributed by atoms with E-state index in [1.807, 2.05) is 76.2 Å². The monoisotopic (exact) mass is 910 g/mol. The van der Waals surface area contributed by atoms with Gasteiger partial charge in [-0.3, -0.25) is 0 Å². The molecule has 0 aliphatic rings. The van der Waals surface area contributed by atoms with Crippen LogP contribution >= 0.6 is 15.9 Å². The predicted molar refractivity (Wildman–Crippen MR) is 230 cm³/mol. The van der Waals surface area contributed by atoms with Crippen LogP contribution in [0.1, 0.15) is 97.3 Å². The van der Waals surface area contributed by atoms with Crippen molar-refractivity contribution in [1.29, 1.82) is 0 Å². The van der Waals surface area contributed by atoms with Crippen LogP contribution in [0.15, 0.2) is 110 Å². The lowest BCUT2D eigenvalue weighted by molar-refractivity contribution is 0.375. The van der Waals surface area contributed by atoms with Gasteiger partial charge in [-0.2, -0.15) is 17.6 Å². The lowest BCUT2D eigenvalue weighted by atomic mass is 10.3. The molecule has 10 aromatic heterocycles. The van der Waals surface area contributed by atoms with Gasteiger partial charge in [-0.15, -0.1) is 0 Å². The van der Waals surface area contributed by atoms with E-state index in [1.54, 1.807) is 64.5 Å². The Balaban J connectivity index is 0.000000356. The van der Waals surface area contributed by atoms with E-state index in [1.165, 1.54) is 24.7 Å². The highest BCUT2D eigenvalue weighted by atomic mass is 79.9. The fourth-order valence-corrected chi connectivity index (χ4v) is 4.95. The molecule has 0 radical (unpaired) electrons. The molecule has 0 amide bonds. The average molecular weight is 912 g/mol. The van der Waals surface area contributed by atoms with Crippen molar-refractivity contribution in [2.24, 2.45) is 0 Å². The van der Waals surface area contributed by atoms with Gasteiger partial charge in [0.25, 0.3) is 24.1 Å². The summed E-state index contributed by atoms with van der Waals surface area (Å²) < 4.78 is 99.5. The number of furan rings is 10. The van der Waals surface area contributed by atoms with Gasteiger partial charge in [0.15, 0.2) is 60.5 Å². The van der Waals surface area contributed by atoms with E-state index in [9.17, 15) is 17.6 Å². The highest BCUT2D eigenvalue weighted by Gasteiger charge is 2.15. The standard InChI is InChI=1S/C8H7FO2.3C7H5FO2.C6H3BrO2.5C2H6/c1-4-3-10-7-5(2)8(9)11-6(4)7;1-4-3-9-5-2-6(8)10-7(4)5;1-4-2-5-6(9-4)3-7(8)10-5;1-4-6-5(2-3-9-6)10-7(4)8;7-6-3-5-4(9-6)1-2-8-5;5*1-2/h3H,1-2H3;3*2-3H,1H3;1-3H;5*1-2H3. The zero-order valence-electron chi connectivity index (χ0n) is 36.7. The number of hydrogen-bond donors (Lipinski definition) is 0. The predicted octanol–water partition coefficient (Wildman–Crippen LogP) is 18.1. The van der Waals surface area contributed by atoms with Crippen LogP contribution in [0.4, 0.5) is 17.6 Å². The molecular weight excluding hydrogens is 856 g/mol. The van der Waals surface area contributed by atoms with Crippen LogP contribution in [-0.4, -0.2) is 0 Å². The van der Waals surface area contributed by atoms with Crippen LogP contribution in [0.3, 0.4) is 0 Å². The Bertz CT molecular complexity index is 2550. The summed E-state index contributed by atoms with van der Waals surface area (Å²) in [4.78, 5) is 0. The van der Waals surface area contributed by atoms with Crippen molar-refractivity contribution in [2.75, 3.05) is 0 Å². The van der Waals surface area contributed by atoms with E-state index < -0.39 is 24.1 Å². The van der Waals surface area contributed by atoms with Crippen molar-refractivity contribution in [3.8, 4) is 0 Å². The van der Waals surface area contributed by atoms with Gasteiger partial charge in [-0.25, -0.2) is 0 Å². The fourth-order valence-electron chi connectivity index (χ4n) is 4.56. The molecule has 10 nitrogen and oxygen atoms in total. The molecule has 0 aliphatic carbocycles. The van der Waals surface area contributed by atoms with Crippen LogP contribution < -0.4 is 0 Å². The number of hydrogen-bond acceptors (Lipinski definition) is 10. The molecule has 0 aliphatic heterocycles. The molecule has 0 fully saturated rings. The molecule has 0 saturated heterocycles.